The Hall–Kier alpha value is -0.540. The lowest BCUT2D eigenvalue weighted by Crippen LogP contribution is -2.28. The van der Waals surface area contributed by atoms with Gasteiger partial charge < -0.3 is 10.3 Å². The molecule has 1 atom stereocenters. The summed E-state index contributed by atoms with van der Waals surface area (Å²) in [7, 11) is 0. The summed E-state index contributed by atoms with van der Waals surface area (Å²) in [5.41, 5.74) is 0. The Bertz CT molecular complexity index is 204. The normalized spacial score (nSPS) is 23.2. The van der Waals surface area contributed by atoms with Crippen molar-refractivity contribution in [1.29, 1.82) is 0 Å². The second kappa shape index (κ2) is 4.48. The number of nitrogens with zero attached hydrogens (tertiary/aromatic N) is 1. The van der Waals surface area contributed by atoms with Crippen LogP contribution < -0.4 is 5.32 Å². The molecule has 2 rings (SSSR count). The van der Waals surface area contributed by atoms with E-state index in [1.54, 1.807) is 0 Å². The van der Waals surface area contributed by atoms with Crippen molar-refractivity contribution in [3.8, 4) is 0 Å². The van der Waals surface area contributed by atoms with Crippen LogP contribution >= 0.6 is 12.4 Å². The summed E-state index contributed by atoms with van der Waals surface area (Å²) < 4.78 is 0. The Morgan fingerprint density at radius 3 is 3.00 bits per heavy atom. The molecule has 3 nitrogen and oxygen atoms in total. The number of hydrogen-bond acceptors (Lipinski definition) is 2. The number of hydrogen-bond donors (Lipinski definition) is 2. The van der Waals surface area contributed by atoms with E-state index in [4.69, 9.17) is 0 Å². The highest BCUT2D eigenvalue weighted by molar-refractivity contribution is 5.85. The zero-order chi connectivity index (χ0) is 7.52. The Labute approximate surface area is 78.4 Å². The maximum Gasteiger partial charge on any atom is 0.110 e. The molecule has 1 aliphatic rings. The van der Waals surface area contributed by atoms with Gasteiger partial charge in [0.15, 0.2) is 0 Å². The third-order valence-electron chi connectivity index (χ3n) is 2.20. The number of H-pyrrole nitrogens is 1. The van der Waals surface area contributed by atoms with E-state index in [2.05, 4.69) is 15.3 Å². The first kappa shape index (κ1) is 9.55. The number of piperidine rings is 1. The summed E-state index contributed by atoms with van der Waals surface area (Å²) >= 11 is 0. The van der Waals surface area contributed by atoms with Crippen LogP contribution in [0.5, 0.6) is 0 Å². The SMILES string of the molecule is Cl.c1c[nH]c(C2CCCNC2)n1. The molecule has 1 unspecified atom stereocenters. The fourth-order valence-corrected chi connectivity index (χ4v) is 1.59. The molecule has 68 valence electrons. The molecule has 4 heteroatoms. The lowest BCUT2D eigenvalue weighted by molar-refractivity contribution is 0.449. The Kier molecular flexibility index (Phi) is 3.56. The number of halogens is 1. The van der Waals surface area contributed by atoms with E-state index in [0.717, 1.165) is 18.9 Å². The topological polar surface area (TPSA) is 40.7 Å². The second-order valence-corrected chi connectivity index (χ2v) is 3.02. The summed E-state index contributed by atoms with van der Waals surface area (Å²) in [4.78, 5) is 7.40. The van der Waals surface area contributed by atoms with Crippen molar-refractivity contribution in [2.45, 2.75) is 18.8 Å². The maximum absolute atomic E-state index is 4.24. The van der Waals surface area contributed by atoms with Gasteiger partial charge in [-0.15, -0.1) is 12.4 Å². The van der Waals surface area contributed by atoms with E-state index in [0.29, 0.717) is 5.92 Å². The van der Waals surface area contributed by atoms with Crippen LogP contribution in [0, 0.1) is 0 Å². The van der Waals surface area contributed by atoms with E-state index in [1.807, 2.05) is 12.4 Å². The van der Waals surface area contributed by atoms with Crippen LogP contribution in [-0.2, 0) is 0 Å². The van der Waals surface area contributed by atoms with Gasteiger partial charge in [-0.1, -0.05) is 0 Å². The molecule has 0 saturated carbocycles. The molecule has 1 fully saturated rings. The minimum Gasteiger partial charge on any atom is -0.348 e. The summed E-state index contributed by atoms with van der Waals surface area (Å²) in [5, 5.41) is 3.36. The number of aromatic nitrogens is 2. The lowest BCUT2D eigenvalue weighted by atomic mass is 9.99. The predicted molar refractivity (Wildman–Crippen MR) is 50.7 cm³/mol. The van der Waals surface area contributed by atoms with Crippen molar-refractivity contribution >= 4 is 12.4 Å². The van der Waals surface area contributed by atoms with Crippen LogP contribution in [0.3, 0.4) is 0 Å². The van der Waals surface area contributed by atoms with Crippen LogP contribution in [0.25, 0.3) is 0 Å². The average Bonchev–Trinajstić information content (AvgIpc) is 2.58. The number of rotatable bonds is 1. The summed E-state index contributed by atoms with van der Waals surface area (Å²) in [6.45, 7) is 2.24. The van der Waals surface area contributed by atoms with Crippen LogP contribution in [0.2, 0.25) is 0 Å². The van der Waals surface area contributed by atoms with Crippen molar-refractivity contribution < 1.29 is 0 Å². The molecule has 2 N–H and O–H groups in total. The molecule has 0 bridgehead atoms. The van der Waals surface area contributed by atoms with Gasteiger partial charge in [0.2, 0.25) is 0 Å². The summed E-state index contributed by atoms with van der Waals surface area (Å²) in [6, 6.07) is 0. The molecule has 12 heavy (non-hydrogen) atoms. The van der Waals surface area contributed by atoms with E-state index >= 15 is 0 Å². The molecular weight excluding hydrogens is 174 g/mol. The highest BCUT2D eigenvalue weighted by atomic mass is 35.5. The van der Waals surface area contributed by atoms with Crippen molar-refractivity contribution in [2.24, 2.45) is 0 Å². The smallest absolute Gasteiger partial charge is 0.110 e. The first-order valence-electron chi connectivity index (χ1n) is 4.17. The third kappa shape index (κ3) is 1.99. The lowest BCUT2D eigenvalue weighted by Gasteiger charge is -2.20. The molecule has 0 aliphatic carbocycles. The predicted octanol–water partition coefficient (Wildman–Crippen LogP) is 1.30. The van der Waals surface area contributed by atoms with Crippen LogP contribution in [0.4, 0.5) is 0 Å². The first-order chi connectivity index (χ1) is 5.47. The molecule has 0 amide bonds. The number of aromatic amines is 1. The minimum atomic E-state index is 0. The molecule has 1 saturated heterocycles. The number of imidazole rings is 1. The maximum atomic E-state index is 4.24. The fraction of sp³-hybridized carbons (Fsp3) is 0.625. The molecular formula is C8H14ClN3. The van der Waals surface area contributed by atoms with Gasteiger partial charge in [-0.25, -0.2) is 4.98 Å². The quantitative estimate of drug-likeness (QED) is 0.696. The van der Waals surface area contributed by atoms with Gasteiger partial charge in [0.25, 0.3) is 0 Å². The van der Waals surface area contributed by atoms with Crippen molar-refractivity contribution in [3.05, 3.63) is 18.2 Å². The van der Waals surface area contributed by atoms with Gasteiger partial charge in [0.1, 0.15) is 5.82 Å². The van der Waals surface area contributed by atoms with Gasteiger partial charge in [-0.05, 0) is 19.4 Å². The van der Waals surface area contributed by atoms with Gasteiger partial charge in [-0.3, -0.25) is 0 Å². The molecule has 0 radical (unpaired) electrons. The van der Waals surface area contributed by atoms with E-state index in [1.165, 1.54) is 12.8 Å². The minimum absolute atomic E-state index is 0. The Morgan fingerprint density at radius 2 is 2.42 bits per heavy atom. The second-order valence-electron chi connectivity index (χ2n) is 3.02. The summed E-state index contributed by atoms with van der Waals surface area (Å²) in [5.74, 6) is 1.75. The van der Waals surface area contributed by atoms with Crippen molar-refractivity contribution in [1.82, 2.24) is 15.3 Å². The van der Waals surface area contributed by atoms with Gasteiger partial charge in [0, 0.05) is 24.9 Å². The molecule has 1 aliphatic heterocycles. The highest BCUT2D eigenvalue weighted by Gasteiger charge is 2.16. The summed E-state index contributed by atoms with van der Waals surface area (Å²) in [6.07, 6.45) is 6.25. The average molecular weight is 188 g/mol. The van der Waals surface area contributed by atoms with Crippen molar-refractivity contribution in [3.63, 3.8) is 0 Å². The fourth-order valence-electron chi connectivity index (χ4n) is 1.59. The van der Waals surface area contributed by atoms with Gasteiger partial charge >= 0.3 is 0 Å². The monoisotopic (exact) mass is 187 g/mol. The van der Waals surface area contributed by atoms with Gasteiger partial charge in [-0.2, -0.15) is 0 Å². The first-order valence-corrected chi connectivity index (χ1v) is 4.17. The Morgan fingerprint density at radius 1 is 1.50 bits per heavy atom. The van der Waals surface area contributed by atoms with Crippen molar-refractivity contribution in [2.75, 3.05) is 13.1 Å². The van der Waals surface area contributed by atoms with Gasteiger partial charge in [0.05, 0.1) is 0 Å². The van der Waals surface area contributed by atoms with Crippen LogP contribution in [-0.4, -0.2) is 23.1 Å². The van der Waals surface area contributed by atoms with Crippen LogP contribution in [0.1, 0.15) is 24.6 Å². The standard InChI is InChI=1S/C8H13N3.ClH/c1-2-7(6-9-3-1)8-10-4-5-11-8;/h4-5,7,9H,1-3,6H2,(H,10,11);1H. The number of nitrogens with one attached hydrogen (secondary N) is 2. The van der Waals surface area contributed by atoms with E-state index in [9.17, 15) is 0 Å². The molecule has 0 spiro atoms. The molecule has 2 heterocycles. The highest BCUT2D eigenvalue weighted by Crippen LogP contribution is 2.18. The molecule has 1 aromatic heterocycles. The Balaban J connectivity index is 0.000000720. The largest absolute Gasteiger partial charge is 0.348 e. The zero-order valence-corrected chi connectivity index (χ0v) is 7.73. The van der Waals surface area contributed by atoms with Crippen LogP contribution in [0.15, 0.2) is 12.4 Å². The van der Waals surface area contributed by atoms with E-state index < -0.39 is 0 Å². The van der Waals surface area contributed by atoms with E-state index in [-0.39, 0.29) is 12.4 Å². The molecule has 1 aromatic rings. The molecule has 0 aromatic carbocycles. The third-order valence-corrected chi connectivity index (χ3v) is 2.20. The zero-order valence-electron chi connectivity index (χ0n) is 6.92.